The van der Waals surface area contributed by atoms with Crippen LogP contribution in [0.1, 0.15) is 12.5 Å². The minimum atomic E-state index is -0.632. The molecule has 74 valence electrons. The van der Waals surface area contributed by atoms with Gasteiger partial charge in [0.15, 0.2) is 0 Å². The Morgan fingerprint density at radius 1 is 1.50 bits per heavy atom. The lowest BCUT2D eigenvalue weighted by Gasteiger charge is -2.33. The van der Waals surface area contributed by atoms with E-state index in [9.17, 15) is 4.79 Å². The van der Waals surface area contributed by atoms with Crippen molar-refractivity contribution in [1.29, 1.82) is 0 Å². The van der Waals surface area contributed by atoms with Gasteiger partial charge in [0, 0.05) is 25.5 Å². The molecule has 2 heterocycles. The van der Waals surface area contributed by atoms with Crippen LogP contribution in [0.4, 0.5) is 0 Å². The highest BCUT2D eigenvalue weighted by atomic mass is 16.2. The van der Waals surface area contributed by atoms with Crippen molar-refractivity contribution in [2.45, 2.75) is 12.5 Å². The number of rotatable bonds is 1. The summed E-state index contributed by atoms with van der Waals surface area (Å²) in [5, 5.41) is 6.05. The first-order valence-corrected chi connectivity index (χ1v) is 4.67. The van der Waals surface area contributed by atoms with Crippen LogP contribution in [0.25, 0.3) is 0 Å². The smallest absolute Gasteiger partial charge is 0.244 e. The molecule has 0 saturated carbocycles. The lowest BCUT2D eigenvalue weighted by Crippen LogP contribution is -2.59. The maximum absolute atomic E-state index is 11.7. The molecule has 2 N–H and O–H groups in total. The summed E-state index contributed by atoms with van der Waals surface area (Å²) in [4.78, 5) is 15.7. The SMILES string of the molecule is CC1(c2cccnc2)NCCNC1=O. The molecule has 1 saturated heterocycles. The van der Waals surface area contributed by atoms with Gasteiger partial charge in [0.25, 0.3) is 0 Å². The van der Waals surface area contributed by atoms with E-state index >= 15 is 0 Å². The molecule has 0 radical (unpaired) electrons. The molecule has 1 unspecified atom stereocenters. The van der Waals surface area contributed by atoms with Gasteiger partial charge in [-0.1, -0.05) is 6.07 Å². The summed E-state index contributed by atoms with van der Waals surface area (Å²) in [6.45, 7) is 3.35. The van der Waals surface area contributed by atoms with Crippen molar-refractivity contribution in [2.24, 2.45) is 0 Å². The molecule has 0 aliphatic carbocycles. The van der Waals surface area contributed by atoms with Crippen LogP contribution in [0.15, 0.2) is 24.5 Å². The third-order valence-electron chi connectivity index (χ3n) is 2.58. The van der Waals surface area contributed by atoms with Crippen LogP contribution in [-0.4, -0.2) is 24.0 Å². The molecular formula is C10H13N3O. The van der Waals surface area contributed by atoms with E-state index in [-0.39, 0.29) is 5.91 Å². The maximum Gasteiger partial charge on any atom is 0.244 e. The van der Waals surface area contributed by atoms with Crippen molar-refractivity contribution in [2.75, 3.05) is 13.1 Å². The Morgan fingerprint density at radius 2 is 2.36 bits per heavy atom. The van der Waals surface area contributed by atoms with Gasteiger partial charge in [0.05, 0.1) is 0 Å². The molecule has 0 spiro atoms. The minimum Gasteiger partial charge on any atom is -0.353 e. The predicted octanol–water partition coefficient (Wildman–Crippen LogP) is 0.0162. The number of nitrogens with one attached hydrogen (secondary N) is 2. The van der Waals surface area contributed by atoms with Gasteiger partial charge in [0.1, 0.15) is 5.54 Å². The Hall–Kier alpha value is -1.42. The second kappa shape index (κ2) is 3.38. The second-order valence-electron chi connectivity index (χ2n) is 3.55. The van der Waals surface area contributed by atoms with Crippen molar-refractivity contribution in [3.63, 3.8) is 0 Å². The topological polar surface area (TPSA) is 54.0 Å². The Balaban J connectivity index is 2.35. The van der Waals surface area contributed by atoms with Crippen LogP contribution < -0.4 is 10.6 Å². The average molecular weight is 191 g/mol. The summed E-state index contributed by atoms with van der Waals surface area (Å²) < 4.78 is 0. The number of amides is 1. The highest BCUT2D eigenvalue weighted by Crippen LogP contribution is 2.21. The Bertz CT molecular complexity index is 338. The maximum atomic E-state index is 11.7. The molecular weight excluding hydrogens is 178 g/mol. The number of hydrogen-bond donors (Lipinski definition) is 2. The van der Waals surface area contributed by atoms with Crippen LogP contribution in [0, 0.1) is 0 Å². The van der Waals surface area contributed by atoms with Gasteiger partial charge >= 0.3 is 0 Å². The molecule has 4 heteroatoms. The van der Waals surface area contributed by atoms with E-state index in [0.717, 1.165) is 12.1 Å². The van der Waals surface area contributed by atoms with Crippen molar-refractivity contribution < 1.29 is 4.79 Å². The van der Waals surface area contributed by atoms with Gasteiger partial charge in [0.2, 0.25) is 5.91 Å². The zero-order valence-corrected chi connectivity index (χ0v) is 8.08. The first-order valence-electron chi connectivity index (χ1n) is 4.67. The summed E-state index contributed by atoms with van der Waals surface area (Å²) >= 11 is 0. The molecule has 0 aromatic carbocycles. The number of pyridine rings is 1. The van der Waals surface area contributed by atoms with E-state index in [1.165, 1.54) is 0 Å². The Kier molecular flexibility index (Phi) is 2.21. The monoisotopic (exact) mass is 191 g/mol. The van der Waals surface area contributed by atoms with E-state index in [2.05, 4.69) is 15.6 Å². The van der Waals surface area contributed by atoms with Gasteiger partial charge < -0.3 is 5.32 Å². The summed E-state index contributed by atoms with van der Waals surface area (Å²) in [5.41, 5.74) is 0.268. The number of hydrogen-bond acceptors (Lipinski definition) is 3. The number of carbonyl (C=O) groups excluding carboxylic acids is 1. The first kappa shape index (κ1) is 9.15. The van der Waals surface area contributed by atoms with Gasteiger partial charge in [-0.05, 0) is 18.6 Å². The normalized spacial score (nSPS) is 27.1. The first-order chi connectivity index (χ1) is 6.73. The lowest BCUT2D eigenvalue weighted by molar-refractivity contribution is -0.129. The van der Waals surface area contributed by atoms with E-state index < -0.39 is 5.54 Å². The molecule has 1 aliphatic heterocycles. The molecule has 1 aromatic heterocycles. The van der Waals surface area contributed by atoms with Gasteiger partial charge in [-0.15, -0.1) is 0 Å². The molecule has 0 bridgehead atoms. The molecule has 1 atom stereocenters. The third-order valence-corrected chi connectivity index (χ3v) is 2.58. The van der Waals surface area contributed by atoms with Crippen LogP contribution in [0.5, 0.6) is 0 Å². The van der Waals surface area contributed by atoms with Crippen LogP contribution >= 0.6 is 0 Å². The molecule has 1 fully saturated rings. The second-order valence-corrected chi connectivity index (χ2v) is 3.55. The van der Waals surface area contributed by atoms with E-state index in [1.54, 1.807) is 12.4 Å². The minimum absolute atomic E-state index is 0.0109. The van der Waals surface area contributed by atoms with Crippen molar-refractivity contribution >= 4 is 5.91 Å². The fraction of sp³-hybridized carbons (Fsp3) is 0.400. The zero-order chi connectivity index (χ0) is 10.0. The van der Waals surface area contributed by atoms with Gasteiger partial charge in [-0.2, -0.15) is 0 Å². The van der Waals surface area contributed by atoms with E-state index in [1.807, 2.05) is 19.1 Å². The standard InChI is InChI=1S/C10H13N3O/c1-10(8-3-2-4-11-7-8)9(14)12-5-6-13-10/h2-4,7,13H,5-6H2,1H3,(H,12,14). The molecule has 1 aromatic rings. The summed E-state index contributed by atoms with van der Waals surface area (Å²) in [6.07, 6.45) is 3.42. The van der Waals surface area contributed by atoms with Crippen molar-refractivity contribution in [1.82, 2.24) is 15.6 Å². The van der Waals surface area contributed by atoms with Crippen molar-refractivity contribution in [3.8, 4) is 0 Å². The number of aromatic nitrogens is 1. The van der Waals surface area contributed by atoms with Crippen molar-refractivity contribution in [3.05, 3.63) is 30.1 Å². The molecule has 4 nitrogen and oxygen atoms in total. The van der Waals surface area contributed by atoms with Gasteiger partial charge in [-0.25, -0.2) is 0 Å². The van der Waals surface area contributed by atoms with E-state index in [0.29, 0.717) is 6.54 Å². The number of nitrogens with zero attached hydrogens (tertiary/aromatic N) is 1. The van der Waals surface area contributed by atoms with Gasteiger partial charge in [-0.3, -0.25) is 15.1 Å². The molecule has 1 amide bonds. The number of carbonyl (C=O) groups is 1. The summed E-state index contributed by atoms with van der Waals surface area (Å²) in [6, 6.07) is 3.75. The summed E-state index contributed by atoms with van der Waals surface area (Å²) in [7, 11) is 0. The fourth-order valence-corrected chi connectivity index (χ4v) is 1.64. The largest absolute Gasteiger partial charge is 0.353 e. The Labute approximate surface area is 82.7 Å². The van der Waals surface area contributed by atoms with Crippen LogP contribution in [-0.2, 0) is 10.3 Å². The average Bonchev–Trinajstić information content (AvgIpc) is 2.24. The fourth-order valence-electron chi connectivity index (χ4n) is 1.64. The van der Waals surface area contributed by atoms with Crippen LogP contribution in [0.2, 0.25) is 0 Å². The molecule has 2 rings (SSSR count). The highest BCUT2D eigenvalue weighted by molar-refractivity contribution is 5.87. The summed E-state index contributed by atoms with van der Waals surface area (Å²) in [5.74, 6) is 0.0109. The lowest BCUT2D eigenvalue weighted by atomic mass is 9.91. The highest BCUT2D eigenvalue weighted by Gasteiger charge is 2.36. The Morgan fingerprint density at radius 3 is 3.00 bits per heavy atom. The molecule has 14 heavy (non-hydrogen) atoms. The third kappa shape index (κ3) is 1.37. The zero-order valence-electron chi connectivity index (χ0n) is 8.08. The van der Waals surface area contributed by atoms with E-state index in [4.69, 9.17) is 0 Å². The van der Waals surface area contributed by atoms with Crippen LogP contribution in [0.3, 0.4) is 0 Å². The number of piperazine rings is 1. The molecule has 1 aliphatic rings. The quantitative estimate of drug-likeness (QED) is 0.657. The predicted molar refractivity (Wildman–Crippen MR) is 52.6 cm³/mol.